The summed E-state index contributed by atoms with van der Waals surface area (Å²) in [4.78, 5) is 17.1. The van der Waals surface area contributed by atoms with Gasteiger partial charge in [0.25, 0.3) is 0 Å². The van der Waals surface area contributed by atoms with Gasteiger partial charge in [0, 0.05) is 16.5 Å². The molecule has 0 spiro atoms. The van der Waals surface area contributed by atoms with Crippen LogP contribution in [0.25, 0.3) is 10.9 Å². The molecule has 0 aliphatic rings. The minimum absolute atomic E-state index is 0.107. The monoisotopic (exact) mass is 380 g/mol. The number of rotatable bonds is 4. The number of anilines is 1. The number of fused-ring (bicyclic) bond motifs is 1. The molecule has 1 aromatic heterocycles. The summed E-state index contributed by atoms with van der Waals surface area (Å²) >= 11 is 1.16. The highest BCUT2D eigenvalue weighted by Gasteiger charge is 2.34. The van der Waals surface area contributed by atoms with Crippen molar-refractivity contribution in [2.75, 3.05) is 11.1 Å². The van der Waals surface area contributed by atoms with E-state index in [4.69, 9.17) is 0 Å². The van der Waals surface area contributed by atoms with Crippen molar-refractivity contribution in [3.8, 4) is 0 Å². The number of hydrogen-bond donors (Lipinski definition) is 1. The van der Waals surface area contributed by atoms with Crippen LogP contribution in [-0.2, 0) is 11.0 Å². The first-order chi connectivity index (χ1) is 12.3. The van der Waals surface area contributed by atoms with Crippen LogP contribution in [0.5, 0.6) is 0 Å². The van der Waals surface area contributed by atoms with Gasteiger partial charge >= 0.3 is 6.18 Å². The Morgan fingerprint density at radius 1 is 1.12 bits per heavy atom. The van der Waals surface area contributed by atoms with Gasteiger partial charge in [0.2, 0.25) is 5.91 Å². The molecular weight excluding hydrogens is 368 g/mol. The van der Waals surface area contributed by atoms with Crippen molar-refractivity contribution in [3.63, 3.8) is 0 Å². The summed E-state index contributed by atoms with van der Waals surface area (Å²) in [5.41, 5.74) is -0.978. The first kappa shape index (κ1) is 18.2. The van der Waals surface area contributed by atoms with Crippen LogP contribution in [0, 0.1) is 5.82 Å². The van der Waals surface area contributed by atoms with Crippen LogP contribution in [0.4, 0.5) is 23.2 Å². The lowest BCUT2D eigenvalue weighted by Gasteiger charge is -2.14. The quantitative estimate of drug-likeness (QED) is 0.504. The molecule has 1 N–H and O–H groups in total. The summed E-state index contributed by atoms with van der Waals surface area (Å²) in [6.07, 6.45) is -3.14. The van der Waals surface area contributed by atoms with E-state index in [0.29, 0.717) is 11.6 Å². The van der Waals surface area contributed by atoms with Crippen LogP contribution < -0.4 is 5.32 Å². The third kappa shape index (κ3) is 4.13. The third-order valence-electron chi connectivity index (χ3n) is 3.52. The van der Waals surface area contributed by atoms with Crippen molar-refractivity contribution in [2.24, 2.45) is 0 Å². The van der Waals surface area contributed by atoms with Crippen molar-refractivity contribution >= 4 is 34.3 Å². The van der Waals surface area contributed by atoms with Gasteiger partial charge in [-0.1, -0.05) is 18.2 Å². The molecule has 0 saturated carbocycles. The SMILES string of the molecule is O=C(CSc1cccc2cccnc12)Nc1ccc(F)cc1C(F)(F)F. The molecule has 1 amide bonds. The van der Waals surface area contributed by atoms with Crippen molar-refractivity contribution < 1.29 is 22.4 Å². The number of nitrogens with one attached hydrogen (secondary N) is 1. The molecule has 0 aliphatic carbocycles. The second-order valence-electron chi connectivity index (χ2n) is 5.36. The summed E-state index contributed by atoms with van der Waals surface area (Å²) in [6, 6.07) is 11.3. The molecule has 134 valence electrons. The van der Waals surface area contributed by atoms with Gasteiger partial charge in [0.05, 0.1) is 22.5 Å². The number of amides is 1. The average molecular weight is 380 g/mol. The van der Waals surface area contributed by atoms with E-state index in [2.05, 4.69) is 10.3 Å². The molecule has 0 atom stereocenters. The molecule has 3 aromatic rings. The molecule has 2 aromatic carbocycles. The van der Waals surface area contributed by atoms with Crippen molar-refractivity contribution in [1.82, 2.24) is 4.98 Å². The van der Waals surface area contributed by atoms with Crippen LogP contribution >= 0.6 is 11.8 Å². The Labute approximate surface area is 150 Å². The fourth-order valence-electron chi connectivity index (χ4n) is 2.38. The van der Waals surface area contributed by atoms with E-state index in [-0.39, 0.29) is 5.75 Å². The lowest BCUT2D eigenvalue weighted by molar-refractivity contribution is -0.137. The molecule has 0 fully saturated rings. The van der Waals surface area contributed by atoms with E-state index in [1.807, 2.05) is 18.2 Å². The third-order valence-corrected chi connectivity index (χ3v) is 4.56. The zero-order valence-electron chi connectivity index (χ0n) is 13.2. The molecule has 0 unspecified atom stereocenters. The van der Waals surface area contributed by atoms with Crippen LogP contribution in [0.1, 0.15) is 5.56 Å². The summed E-state index contributed by atoms with van der Waals surface area (Å²) in [7, 11) is 0. The molecule has 26 heavy (non-hydrogen) atoms. The Balaban J connectivity index is 1.74. The van der Waals surface area contributed by atoms with Gasteiger partial charge in [-0.2, -0.15) is 13.2 Å². The van der Waals surface area contributed by atoms with Gasteiger partial charge in [-0.15, -0.1) is 11.8 Å². The zero-order valence-corrected chi connectivity index (χ0v) is 14.0. The summed E-state index contributed by atoms with van der Waals surface area (Å²) < 4.78 is 52.0. The van der Waals surface area contributed by atoms with Crippen LogP contribution in [0.2, 0.25) is 0 Å². The number of aromatic nitrogens is 1. The number of para-hydroxylation sites is 1. The maximum Gasteiger partial charge on any atom is 0.418 e. The number of carbonyl (C=O) groups excluding carboxylic acids is 1. The van der Waals surface area contributed by atoms with E-state index in [1.54, 1.807) is 18.3 Å². The largest absolute Gasteiger partial charge is 0.418 e. The molecule has 3 rings (SSSR count). The number of alkyl halides is 3. The maximum atomic E-state index is 13.1. The molecule has 0 saturated heterocycles. The highest BCUT2D eigenvalue weighted by molar-refractivity contribution is 8.00. The normalized spacial score (nSPS) is 11.5. The summed E-state index contributed by atoms with van der Waals surface area (Å²) in [6.45, 7) is 0. The average Bonchev–Trinajstić information content (AvgIpc) is 2.60. The van der Waals surface area contributed by atoms with Crippen LogP contribution in [-0.4, -0.2) is 16.6 Å². The van der Waals surface area contributed by atoms with Crippen molar-refractivity contribution in [2.45, 2.75) is 11.1 Å². The van der Waals surface area contributed by atoms with E-state index in [1.165, 1.54) is 0 Å². The topological polar surface area (TPSA) is 42.0 Å². The number of carbonyl (C=O) groups is 1. The number of hydrogen-bond acceptors (Lipinski definition) is 3. The van der Waals surface area contributed by atoms with Gasteiger partial charge in [-0.05, 0) is 30.3 Å². The fraction of sp³-hybridized carbons (Fsp3) is 0.111. The van der Waals surface area contributed by atoms with Gasteiger partial charge < -0.3 is 5.32 Å². The van der Waals surface area contributed by atoms with E-state index in [9.17, 15) is 22.4 Å². The Kier molecular flexibility index (Phi) is 5.13. The lowest BCUT2D eigenvalue weighted by atomic mass is 10.1. The van der Waals surface area contributed by atoms with Gasteiger partial charge in [-0.25, -0.2) is 4.39 Å². The summed E-state index contributed by atoms with van der Waals surface area (Å²) in [5, 5.41) is 3.09. The number of thioether (sulfide) groups is 1. The Hall–Kier alpha value is -2.61. The highest BCUT2D eigenvalue weighted by Crippen LogP contribution is 2.35. The Bertz CT molecular complexity index is 954. The van der Waals surface area contributed by atoms with Gasteiger partial charge in [0.1, 0.15) is 5.82 Å². The number of benzene rings is 2. The molecular formula is C18H12F4N2OS. The molecule has 1 heterocycles. The lowest BCUT2D eigenvalue weighted by Crippen LogP contribution is -2.18. The highest BCUT2D eigenvalue weighted by atomic mass is 32.2. The number of pyridine rings is 1. The van der Waals surface area contributed by atoms with Crippen LogP contribution in [0.3, 0.4) is 0 Å². The van der Waals surface area contributed by atoms with E-state index < -0.39 is 29.2 Å². The second kappa shape index (κ2) is 7.33. The fourth-order valence-corrected chi connectivity index (χ4v) is 3.22. The van der Waals surface area contributed by atoms with Crippen molar-refractivity contribution in [3.05, 3.63) is 66.1 Å². The molecule has 0 aliphatic heterocycles. The minimum atomic E-state index is -4.77. The molecule has 3 nitrogen and oxygen atoms in total. The molecule has 0 bridgehead atoms. The van der Waals surface area contributed by atoms with Crippen molar-refractivity contribution in [1.29, 1.82) is 0 Å². The van der Waals surface area contributed by atoms with Crippen LogP contribution in [0.15, 0.2) is 59.6 Å². The Morgan fingerprint density at radius 2 is 1.88 bits per heavy atom. The molecule has 0 radical (unpaired) electrons. The van der Waals surface area contributed by atoms with Gasteiger partial charge in [-0.3, -0.25) is 9.78 Å². The maximum absolute atomic E-state index is 13.1. The predicted octanol–water partition coefficient (Wildman–Crippen LogP) is 5.12. The van der Waals surface area contributed by atoms with Gasteiger partial charge in [0.15, 0.2) is 0 Å². The van der Waals surface area contributed by atoms with E-state index in [0.717, 1.165) is 34.2 Å². The first-order valence-electron chi connectivity index (χ1n) is 7.48. The second-order valence-corrected chi connectivity index (χ2v) is 6.37. The summed E-state index contributed by atoms with van der Waals surface area (Å²) in [5.74, 6) is -1.75. The number of halogens is 4. The smallest absolute Gasteiger partial charge is 0.325 e. The molecule has 8 heteroatoms. The standard InChI is InChI=1S/C18H12F4N2OS/c19-12-6-7-14(13(9-12)18(20,21)22)24-16(25)10-26-15-5-1-3-11-4-2-8-23-17(11)15/h1-9H,10H2,(H,24,25). The number of nitrogens with zero attached hydrogens (tertiary/aromatic N) is 1. The zero-order chi connectivity index (χ0) is 18.7. The minimum Gasteiger partial charge on any atom is -0.325 e. The van der Waals surface area contributed by atoms with E-state index >= 15 is 0 Å². The Morgan fingerprint density at radius 3 is 2.65 bits per heavy atom. The predicted molar refractivity (Wildman–Crippen MR) is 92.5 cm³/mol. The first-order valence-corrected chi connectivity index (χ1v) is 8.46.